The zero-order valence-electron chi connectivity index (χ0n) is 14.4. The van der Waals surface area contributed by atoms with E-state index in [0.717, 1.165) is 31.0 Å². The second-order valence-electron chi connectivity index (χ2n) is 4.51. The molecule has 0 spiro atoms. The molecule has 0 saturated heterocycles. The van der Waals surface area contributed by atoms with Crippen molar-refractivity contribution in [3.05, 3.63) is 35.4 Å². The van der Waals surface area contributed by atoms with Crippen LogP contribution in [0.2, 0.25) is 0 Å². The molecule has 3 N–H and O–H groups in total. The van der Waals surface area contributed by atoms with Gasteiger partial charge < -0.3 is 15.1 Å². The first kappa shape index (κ1) is 23.9. The monoisotopic (exact) mass is 347 g/mol. The maximum absolute atomic E-state index is 10.1. The van der Waals surface area contributed by atoms with E-state index in [9.17, 15) is 9.69 Å². The van der Waals surface area contributed by atoms with Crippen LogP contribution >= 0.6 is 16.3 Å². The van der Waals surface area contributed by atoms with Crippen LogP contribution in [-0.4, -0.2) is 48.4 Å². The summed E-state index contributed by atoms with van der Waals surface area (Å²) < 4.78 is 0. The summed E-state index contributed by atoms with van der Waals surface area (Å²) in [4.78, 5) is 28.4. The Morgan fingerprint density at radius 2 is 1.73 bits per heavy atom. The molecule has 0 bridgehead atoms. The minimum Gasteiger partial charge on any atom is -0.374 e. The first-order chi connectivity index (χ1) is 10.5. The predicted octanol–water partition coefficient (Wildman–Crippen LogP) is 3.80. The highest BCUT2D eigenvalue weighted by atomic mass is 31.2. The highest BCUT2D eigenvalue weighted by Crippen LogP contribution is 2.43. The summed E-state index contributed by atoms with van der Waals surface area (Å²) in [5.41, 5.74) is 1.92. The number of carbonyl (C=O) groups excluding carboxylic acids is 1. The summed E-state index contributed by atoms with van der Waals surface area (Å²) in [6.07, 6.45) is 2.70. The molecule has 4 nitrogen and oxygen atoms in total. The van der Waals surface area contributed by atoms with Gasteiger partial charge in [0.1, 0.15) is 6.29 Å². The molecule has 0 aromatic heterocycles. The van der Waals surface area contributed by atoms with Crippen molar-refractivity contribution < 1.29 is 14.6 Å². The molecule has 22 heavy (non-hydrogen) atoms. The van der Waals surface area contributed by atoms with Crippen molar-refractivity contribution in [1.29, 1.82) is 0 Å². The van der Waals surface area contributed by atoms with Crippen LogP contribution in [-0.2, 0) is 0 Å². The average Bonchev–Trinajstić information content (AvgIpc) is 2.50. The highest BCUT2D eigenvalue weighted by molar-refractivity contribution is 7.68. The number of nitrogens with one attached hydrogen (secondary N) is 1. The van der Waals surface area contributed by atoms with Crippen LogP contribution in [0.25, 0.3) is 0 Å². The quantitative estimate of drug-likeness (QED) is 0.399. The average molecular weight is 347 g/mol. The number of aryl methyl sites for hydroxylation is 1. The second kappa shape index (κ2) is 17.0. The lowest BCUT2D eigenvalue weighted by Gasteiger charge is -2.11. The normalized spacial score (nSPS) is 12.1. The molecule has 0 fully saturated rings. The van der Waals surface area contributed by atoms with Crippen LogP contribution in [0, 0.1) is 6.92 Å². The molecule has 2 unspecified atom stereocenters. The lowest BCUT2D eigenvalue weighted by molar-refractivity contribution is 0.112. The Balaban J connectivity index is 0. The Kier molecular flexibility index (Phi) is 18.5. The van der Waals surface area contributed by atoms with Crippen molar-refractivity contribution in [2.75, 3.05) is 32.3 Å². The van der Waals surface area contributed by atoms with Gasteiger partial charge in [-0.1, -0.05) is 43.7 Å². The van der Waals surface area contributed by atoms with Crippen LogP contribution in [0.1, 0.15) is 36.2 Å². The molecule has 128 valence electrons. The standard InChI is InChI=1S/C8H8O.C6H17NO2P2.C2H6/c1-7-2-4-8(6-9)5-3-7;1-7-4-3-5-11(9)6-10(2)8;1-2/h2-6H,1H3;7-9H,3-6H2,1-2H3;1-2H3. The van der Waals surface area contributed by atoms with Gasteiger partial charge in [-0.25, -0.2) is 0 Å². The molecule has 0 amide bonds. The molecule has 0 aliphatic carbocycles. The first-order valence-electron chi connectivity index (χ1n) is 7.50. The molecule has 1 aromatic carbocycles. The Bertz CT molecular complexity index is 359. The maximum Gasteiger partial charge on any atom is 0.150 e. The number of hydrogen-bond donors (Lipinski definition) is 3. The van der Waals surface area contributed by atoms with Gasteiger partial charge in [0, 0.05) is 27.8 Å². The van der Waals surface area contributed by atoms with E-state index in [1.54, 1.807) is 6.66 Å². The third kappa shape index (κ3) is 16.0. The molecule has 6 heteroatoms. The van der Waals surface area contributed by atoms with Gasteiger partial charge in [0.15, 0.2) is 0 Å². The molecule has 1 aromatic rings. The van der Waals surface area contributed by atoms with Crippen LogP contribution < -0.4 is 5.32 Å². The van der Waals surface area contributed by atoms with E-state index >= 15 is 0 Å². The Morgan fingerprint density at radius 1 is 1.18 bits per heavy atom. The summed E-state index contributed by atoms with van der Waals surface area (Å²) in [6.45, 7) is 8.72. The predicted molar refractivity (Wildman–Crippen MR) is 100 cm³/mol. The number of hydrogen-bond acceptors (Lipinski definition) is 4. The Morgan fingerprint density at radius 3 is 2.14 bits per heavy atom. The summed E-state index contributed by atoms with van der Waals surface area (Å²) in [6, 6.07) is 7.46. The summed E-state index contributed by atoms with van der Waals surface area (Å²) in [5, 5.41) is 3.02. The van der Waals surface area contributed by atoms with Crippen molar-refractivity contribution in [3.63, 3.8) is 0 Å². The molecule has 0 heterocycles. The minimum absolute atomic E-state index is 0.619. The van der Waals surface area contributed by atoms with Gasteiger partial charge in [-0.2, -0.15) is 0 Å². The maximum atomic E-state index is 10.1. The lowest BCUT2D eigenvalue weighted by Crippen LogP contribution is -2.08. The second-order valence-corrected chi connectivity index (χ2v) is 8.42. The van der Waals surface area contributed by atoms with Gasteiger partial charge in [0.2, 0.25) is 0 Å². The van der Waals surface area contributed by atoms with E-state index in [0.29, 0.717) is 5.90 Å². The van der Waals surface area contributed by atoms with Crippen molar-refractivity contribution in [2.24, 2.45) is 0 Å². The number of aldehydes is 1. The lowest BCUT2D eigenvalue weighted by atomic mass is 10.2. The van der Waals surface area contributed by atoms with Crippen LogP contribution in [0.5, 0.6) is 0 Å². The first-order valence-corrected chi connectivity index (χ1v) is 11.1. The van der Waals surface area contributed by atoms with Crippen LogP contribution in [0.4, 0.5) is 0 Å². The van der Waals surface area contributed by atoms with E-state index in [-0.39, 0.29) is 0 Å². The van der Waals surface area contributed by atoms with Gasteiger partial charge in [-0.3, -0.25) is 4.79 Å². The fourth-order valence-electron chi connectivity index (χ4n) is 1.39. The summed E-state index contributed by atoms with van der Waals surface area (Å²) in [5.74, 6) is 0.619. The zero-order valence-corrected chi connectivity index (χ0v) is 16.2. The van der Waals surface area contributed by atoms with Crippen molar-refractivity contribution in [2.45, 2.75) is 27.2 Å². The molecule has 0 saturated carbocycles. The topological polar surface area (TPSA) is 69.6 Å². The zero-order chi connectivity index (χ0) is 17.4. The minimum atomic E-state index is -0.902. The largest absolute Gasteiger partial charge is 0.374 e. The number of carbonyl (C=O) groups is 1. The summed E-state index contributed by atoms with van der Waals surface area (Å²) in [7, 11) is 0.106. The fraction of sp³-hybridized carbons (Fsp3) is 0.562. The molecule has 1 rings (SSSR count). The third-order valence-electron chi connectivity index (χ3n) is 2.42. The van der Waals surface area contributed by atoms with Crippen LogP contribution in [0.15, 0.2) is 24.3 Å². The van der Waals surface area contributed by atoms with Crippen molar-refractivity contribution >= 4 is 22.6 Å². The fourth-order valence-corrected chi connectivity index (χ4v) is 4.37. The number of rotatable bonds is 7. The van der Waals surface area contributed by atoms with E-state index in [1.165, 1.54) is 5.56 Å². The Labute approximate surface area is 138 Å². The highest BCUT2D eigenvalue weighted by Gasteiger charge is 2.06. The third-order valence-corrected chi connectivity index (χ3v) is 6.20. The van der Waals surface area contributed by atoms with Gasteiger partial charge in [-0.05, 0) is 39.8 Å². The van der Waals surface area contributed by atoms with Crippen molar-refractivity contribution in [3.8, 4) is 0 Å². The van der Waals surface area contributed by atoms with Gasteiger partial charge in [-0.15, -0.1) is 0 Å². The molecule has 0 radical (unpaired) electrons. The van der Waals surface area contributed by atoms with E-state index < -0.39 is 16.3 Å². The molecule has 2 atom stereocenters. The molecule has 0 aliphatic heterocycles. The van der Waals surface area contributed by atoms with E-state index in [4.69, 9.17) is 4.89 Å². The van der Waals surface area contributed by atoms with Gasteiger partial charge in [0.05, 0.1) is 0 Å². The molecular weight excluding hydrogens is 316 g/mol. The number of benzene rings is 1. The van der Waals surface area contributed by atoms with Gasteiger partial charge in [0.25, 0.3) is 0 Å². The Hall–Kier alpha value is -0.370. The summed E-state index contributed by atoms with van der Waals surface area (Å²) >= 11 is 0. The van der Waals surface area contributed by atoms with Crippen LogP contribution in [0.3, 0.4) is 0 Å². The van der Waals surface area contributed by atoms with E-state index in [2.05, 4.69) is 5.32 Å². The smallest absolute Gasteiger partial charge is 0.150 e. The van der Waals surface area contributed by atoms with Gasteiger partial charge >= 0.3 is 0 Å². The SMILES string of the molecule is CC.CNCCCP(O)CP(C)O.Cc1ccc(C=O)cc1. The molecular formula is C16H31NO3P2. The van der Waals surface area contributed by atoms with E-state index in [1.807, 2.05) is 52.1 Å². The molecule has 0 aliphatic rings. The van der Waals surface area contributed by atoms with Crippen molar-refractivity contribution in [1.82, 2.24) is 5.32 Å².